The van der Waals surface area contributed by atoms with Crippen LogP contribution < -0.4 is 20.1 Å². The predicted octanol–water partition coefficient (Wildman–Crippen LogP) is 3.81. The first-order valence-electron chi connectivity index (χ1n) is 10.3. The normalized spacial score (nSPS) is 19.5. The van der Waals surface area contributed by atoms with Crippen LogP contribution in [0.5, 0.6) is 11.5 Å². The van der Waals surface area contributed by atoms with Gasteiger partial charge in [0.15, 0.2) is 11.5 Å². The SMILES string of the molecule is CCOC(=O)C1(NC(C)=O)C(=O)NC(c2ccc(Cl)cc2)=CC1c1cc(OC)c(OC)cc1Br. The zero-order valence-electron chi connectivity index (χ0n) is 19.0. The van der Waals surface area contributed by atoms with Gasteiger partial charge in [-0.2, -0.15) is 0 Å². The number of hydrogen-bond donors (Lipinski definition) is 2. The number of methoxy groups -OCH3 is 2. The molecule has 2 aromatic carbocycles. The number of benzene rings is 2. The Morgan fingerprint density at radius 2 is 1.76 bits per heavy atom. The van der Waals surface area contributed by atoms with E-state index < -0.39 is 29.2 Å². The number of ether oxygens (including phenoxy) is 3. The molecule has 0 aliphatic carbocycles. The second-order valence-corrected chi connectivity index (χ2v) is 8.75. The largest absolute Gasteiger partial charge is 0.493 e. The van der Waals surface area contributed by atoms with Crippen LogP contribution in [0, 0.1) is 0 Å². The molecule has 34 heavy (non-hydrogen) atoms. The summed E-state index contributed by atoms with van der Waals surface area (Å²) in [6.45, 7) is 2.87. The molecule has 0 saturated heterocycles. The average molecular weight is 552 g/mol. The minimum atomic E-state index is -2.07. The third-order valence-corrected chi connectivity index (χ3v) is 6.31. The van der Waals surface area contributed by atoms with Crippen LogP contribution in [0.4, 0.5) is 0 Å². The van der Waals surface area contributed by atoms with E-state index in [0.29, 0.717) is 37.8 Å². The molecule has 8 nitrogen and oxygen atoms in total. The van der Waals surface area contributed by atoms with E-state index in [-0.39, 0.29) is 6.61 Å². The lowest BCUT2D eigenvalue weighted by Gasteiger charge is -2.40. The molecule has 2 unspecified atom stereocenters. The highest BCUT2D eigenvalue weighted by Crippen LogP contribution is 2.44. The van der Waals surface area contributed by atoms with Gasteiger partial charge in [0, 0.05) is 28.0 Å². The van der Waals surface area contributed by atoms with Gasteiger partial charge in [-0.15, -0.1) is 0 Å². The summed E-state index contributed by atoms with van der Waals surface area (Å²) >= 11 is 9.54. The third kappa shape index (κ3) is 4.76. The fourth-order valence-electron chi connectivity index (χ4n) is 3.85. The first-order chi connectivity index (χ1) is 16.2. The summed E-state index contributed by atoms with van der Waals surface area (Å²) in [6, 6.07) is 10.2. The summed E-state index contributed by atoms with van der Waals surface area (Å²) < 4.78 is 16.6. The molecule has 0 saturated carbocycles. The number of carbonyl (C=O) groups excluding carboxylic acids is 3. The maximum Gasteiger partial charge on any atom is 0.342 e. The van der Waals surface area contributed by atoms with Crippen molar-refractivity contribution >= 4 is 51.0 Å². The van der Waals surface area contributed by atoms with Gasteiger partial charge in [0.1, 0.15) is 0 Å². The first kappa shape index (κ1) is 25.6. The molecule has 0 bridgehead atoms. The topological polar surface area (TPSA) is 103 Å². The van der Waals surface area contributed by atoms with Gasteiger partial charge >= 0.3 is 5.97 Å². The lowest BCUT2D eigenvalue weighted by atomic mass is 9.74. The zero-order chi connectivity index (χ0) is 25.0. The van der Waals surface area contributed by atoms with Gasteiger partial charge in [-0.3, -0.25) is 9.59 Å². The van der Waals surface area contributed by atoms with Crippen LogP contribution in [0.15, 0.2) is 46.9 Å². The molecule has 0 fully saturated rings. The number of halogens is 2. The molecule has 0 radical (unpaired) electrons. The molecular weight excluding hydrogens is 528 g/mol. The molecule has 1 aliphatic heterocycles. The molecular formula is C24H24BrClN2O6. The van der Waals surface area contributed by atoms with Crippen LogP contribution >= 0.6 is 27.5 Å². The van der Waals surface area contributed by atoms with Crippen molar-refractivity contribution in [3.8, 4) is 11.5 Å². The Balaban J connectivity index is 2.33. The Morgan fingerprint density at radius 1 is 1.15 bits per heavy atom. The van der Waals surface area contributed by atoms with Crippen molar-refractivity contribution in [1.29, 1.82) is 0 Å². The van der Waals surface area contributed by atoms with Crippen LogP contribution in [-0.2, 0) is 19.1 Å². The van der Waals surface area contributed by atoms with Crippen molar-refractivity contribution in [1.82, 2.24) is 10.6 Å². The number of carbonyl (C=O) groups is 3. The molecule has 2 amide bonds. The molecule has 2 aromatic rings. The highest BCUT2D eigenvalue weighted by atomic mass is 79.9. The zero-order valence-corrected chi connectivity index (χ0v) is 21.4. The van der Waals surface area contributed by atoms with Crippen LogP contribution in [0.25, 0.3) is 5.70 Å². The van der Waals surface area contributed by atoms with Crippen molar-refractivity contribution < 1.29 is 28.6 Å². The highest BCUT2D eigenvalue weighted by molar-refractivity contribution is 9.10. The number of amides is 2. The fourth-order valence-corrected chi connectivity index (χ4v) is 4.55. The van der Waals surface area contributed by atoms with Crippen molar-refractivity contribution in [3.63, 3.8) is 0 Å². The maximum atomic E-state index is 13.6. The van der Waals surface area contributed by atoms with Gasteiger partial charge < -0.3 is 24.8 Å². The Morgan fingerprint density at radius 3 is 2.32 bits per heavy atom. The summed E-state index contributed by atoms with van der Waals surface area (Å²) in [4.78, 5) is 39.2. The number of hydrogen-bond acceptors (Lipinski definition) is 6. The molecule has 1 heterocycles. The highest BCUT2D eigenvalue weighted by Gasteiger charge is 2.57. The minimum absolute atomic E-state index is 0.0149. The standard InChI is InChI=1S/C24H24BrClN2O6/c1-5-34-23(31)24(28-13(2)29)17(16-10-20(32-3)21(33-4)12-18(16)25)11-19(27-22(24)30)14-6-8-15(26)9-7-14/h6-12,17H,5H2,1-4H3,(H,27,30)(H,28,29). The first-order valence-corrected chi connectivity index (χ1v) is 11.5. The van der Waals surface area contributed by atoms with Gasteiger partial charge in [0.05, 0.1) is 20.8 Å². The summed E-state index contributed by atoms with van der Waals surface area (Å²) in [5.41, 5.74) is -0.459. The van der Waals surface area contributed by atoms with Crippen LogP contribution in [0.3, 0.4) is 0 Å². The van der Waals surface area contributed by atoms with E-state index in [2.05, 4.69) is 26.6 Å². The monoisotopic (exact) mass is 550 g/mol. The molecule has 1 aliphatic rings. The quantitative estimate of drug-likeness (QED) is 0.401. The third-order valence-electron chi connectivity index (χ3n) is 5.37. The van der Waals surface area contributed by atoms with Gasteiger partial charge in [-0.05, 0) is 48.4 Å². The van der Waals surface area contributed by atoms with Gasteiger partial charge in [-0.1, -0.05) is 39.7 Å². The minimum Gasteiger partial charge on any atom is -0.493 e. The van der Waals surface area contributed by atoms with E-state index in [1.54, 1.807) is 49.4 Å². The van der Waals surface area contributed by atoms with Crippen LogP contribution in [0.1, 0.15) is 30.9 Å². The summed E-state index contributed by atoms with van der Waals surface area (Å²) in [5.74, 6) is -2.34. The summed E-state index contributed by atoms with van der Waals surface area (Å²) in [5, 5.41) is 5.85. The van der Waals surface area contributed by atoms with Gasteiger partial charge in [-0.25, -0.2) is 4.79 Å². The lowest BCUT2D eigenvalue weighted by molar-refractivity contribution is -0.158. The maximum absolute atomic E-state index is 13.6. The number of esters is 1. The van der Waals surface area contributed by atoms with Crippen LogP contribution in [0.2, 0.25) is 5.02 Å². The fraction of sp³-hybridized carbons (Fsp3) is 0.292. The molecule has 2 atom stereocenters. The summed E-state index contributed by atoms with van der Waals surface area (Å²) in [6.07, 6.45) is 1.70. The Kier molecular flexibility index (Phi) is 7.89. The van der Waals surface area contributed by atoms with Crippen molar-refractivity contribution in [3.05, 3.63) is 63.1 Å². The predicted molar refractivity (Wildman–Crippen MR) is 131 cm³/mol. The van der Waals surface area contributed by atoms with Crippen molar-refractivity contribution in [2.24, 2.45) is 0 Å². The molecule has 10 heteroatoms. The van der Waals surface area contributed by atoms with Gasteiger partial charge in [0.25, 0.3) is 5.91 Å². The van der Waals surface area contributed by atoms with Crippen molar-refractivity contribution in [2.45, 2.75) is 25.3 Å². The second kappa shape index (κ2) is 10.5. The molecule has 0 aromatic heterocycles. The van der Waals surface area contributed by atoms with E-state index in [9.17, 15) is 14.4 Å². The molecule has 2 N–H and O–H groups in total. The van der Waals surface area contributed by atoms with E-state index in [0.717, 1.165) is 0 Å². The van der Waals surface area contributed by atoms with Crippen molar-refractivity contribution in [2.75, 3.05) is 20.8 Å². The molecule has 180 valence electrons. The molecule has 0 spiro atoms. The van der Waals surface area contributed by atoms with E-state index >= 15 is 0 Å². The second-order valence-electron chi connectivity index (χ2n) is 7.46. The molecule has 3 rings (SSSR count). The average Bonchev–Trinajstić information content (AvgIpc) is 2.80. The van der Waals surface area contributed by atoms with E-state index in [1.165, 1.54) is 21.1 Å². The Bertz CT molecular complexity index is 1150. The Hall–Kier alpha value is -3.04. The number of rotatable bonds is 7. The van der Waals surface area contributed by atoms with E-state index in [4.69, 9.17) is 25.8 Å². The smallest absolute Gasteiger partial charge is 0.342 e. The lowest BCUT2D eigenvalue weighted by Crippen LogP contribution is -2.68. The van der Waals surface area contributed by atoms with Gasteiger partial charge in [0.2, 0.25) is 11.4 Å². The number of nitrogens with one attached hydrogen (secondary N) is 2. The van der Waals surface area contributed by atoms with E-state index in [1.807, 2.05) is 0 Å². The Labute approximate surface area is 210 Å². The van der Waals surface area contributed by atoms with Crippen LogP contribution in [-0.4, -0.2) is 44.1 Å². The summed E-state index contributed by atoms with van der Waals surface area (Å²) in [7, 11) is 2.97.